The summed E-state index contributed by atoms with van der Waals surface area (Å²) in [5, 5.41) is 4.26. The van der Waals surface area contributed by atoms with Crippen molar-refractivity contribution < 1.29 is 8.42 Å². The molecule has 0 amide bonds. The van der Waals surface area contributed by atoms with Crippen LogP contribution >= 0.6 is 0 Å². The Labute approximate surface area is 147 Å². The Hall–Kier alpha value is -2.24. The third kappa shape index (κ3) is 3.05. The molecular weight excluding hydrogens is 332 g/mol. The van der Waals surface area contributed by atoms with Gasteiger partial charge in [-0.05, 0) is 55.6 Å². The van der Waals surface area contributed by atoms with Crippen LogP contribution in [0.15, 0.2) is 70.6 Å². The molecule has 0 spiro atoms. The lowest BCUT2D eigenvalue weighted by molar-refractivity contribution is 0.462. The van der Waals surface area contributed by atoms with E-state index < -0.39 is 9.84 Å². The van der Waals surface area contributed by atoms with E-state index in [1.165, 1.54) is 11.8 Å². The summed E-state index contributed by atoms with van der Waals surface area (Å²) in [5.41, 5.74) is 2.14. The molecule has 25 heavy (non-hydrogen) atoms. The summed E-state index contributed by atoms with van der Waals surface area (Å²) >= 11 is 0. The highest BCUT2D eigenvalue weighted by atomic mass is 32.2. The lowest BCUT2D eigenvalue weighted by Crippen LogP contribution is -2.26. The smallest absolute Gasteiger partial charge is 0.208 e. The van der Waals surface area contributed by atoms with Gasteiger partial charge in [0, 0.05) is 11.6 Å². The minimum Gasteiger partial charge on any atom is -0.317 e. The molecule has 5 heteroatoms. The lowest BCUT2D eigenvalue weighted by Gasteiger charge is -2.23. The summed E-state index contributed by atoms with van der Waals surface area (Å²) in [5.74, 6) is 0.481. The number of aromatic nitrogens is 1. The van der Waals surface area contributed by atoms with Gasteiger partial charge in [-0.1, -0.05) is 36.4 Å². The van der Waals surface area contributed by atoms with Gasteiger partial charge in [-0.3, -0.25) is 4.98 Å². The monoisotopic (exact) mass is 352 g/mol. The molecule has 1 N–H and O–H groups in total. The molecule has 0 atom stereocenters. The highest BCUT2D eigenvalue weighted by Crippen LogP contribution is 2.31. The molecule has 2 aromatic carbocycles. The molecular formula is C20H20N2O2S. The number of sulfone groups is 1. The van der Waals surface area contributed by atoms with Crippen molar-refractivity contribution in [3.05, 3.63) is 66.4 Å². The van der Waals surface area contributed by atoms with E-state index in [1.54, 1.807) is 30.3 Å². The number of fused-ring (bicyclic) bond motifs is 1. The lowest BCUT2D eigenvalue weighted by atomic mass is 9.89. The minimum absolute atomic E-state index is 0.244. The van der Waals surface area contributed by atoms with Gasteiger partial charge in [0.05, 0.1) is 15.3 Å². The molecule has 2 heterocycles. The largest absolute Gasteiger partial charge is 0.317 e. The summed E-state index contributed by atoms with van der Waals surface area (Å²) in [6.45, 7) is 2.03. The first-order valence-electron chi connectivity index (χ1n) is 8.56. The van der Waals surface area contributed by atoms with Crippen LogP contribution in [0.1, 0.15) is 24.3 Å². The van der Waals surface area contributed by atoms with E-state index in [-0.39, 0.29) is 4.90 Å². The zero-order valence-corrected chi connectivity index (χ0v) is 14.7. The fourth-order valence-corrected chi connectivity index (χ4v) is 4.77. The second kappa shape index (κ2) is 6.58. The van der Waals surface area contributed by atoms with Crippen molar-refractivity contribution in [2.75, 3.05) is 13.1 Å². The molecule has 0 saturated carbocycles. The van der Waals surface area contributed by atoms with E-state index in [1.807, 2.05) is 18.2 Å². The maximum atomic E-state index is 12.8. The maximum Gasteiger partial charge on any atom is 0.208 e. The molecule has 128 valence electrons. The number of pyridine rings is 1. The standard InChI is InChI=1S/C20H20N2O2S/c23-25(24,17-6-2-1-3-7-17)18-13-16-5-4-8-19(20(16)22-14-18)15-9-11-21-12-10-15/h1-8,13-15,21H,9-12H2. The Balaban J connectivity index is 1.79. The van der Waals surface area contributed by atoms with Crippen LogP contribution in [-0.2, 0) is 9.84 Å². The number of piperidine rings is 1. The highest BCUT2D eigenvalue weighted by molar-refractivity contribution is 7.91. The topological polar surface area (TPSA) is 59.1 Å². The van der Waals surface area contributed by atoms with E-state index in [0.717, 1.165) is 36.8 Å². The van der Waals surface area contributed by atoms with Crippen LogP contribution in [0.3, 0.4) is 0 Å². The summed E-state index contributed by atoms with van der Waals surface area (Å²) in [4.78, 5) is 5.09. The van der Waals surface area contributed by atoms with Gasteiger partial charge in [-0.2, -0.15) is 0 Å². The molecule has 1 aromatic heterocycles. The Bertz CT molecular complexity index is 995. The van der Waals surface area contributed by atoms with Gasteiger partial charge in [0.1, 0.15) is 0 Å². The van der Waals surface area contributed by atoms with Crippen molar-refractivity contribution >= 4 is 20.7 Å². The Morgan fingerprint density at radius 1 is 0.920 bits per heavy atom. The fraction of sp³-hybridized carbons (Fsp3) is 0.250. The normalized spacial score (nSPS) is 16.2. The van der Waals surface area contributed by atoms with E-state index >= 15 is 0 Å². The molecule has 0 unspecified atom stereocenters. The second-order valence-corrected chi connectivity index (χ2v) is 8.38. The molecule has 1 fully saturated rings. The third-order valence-electron chi connectivity index (χ3n) is 4.86. The molecule has 1 aliphatic rings. The van der Waals surface area contributed by atoms with Crippen LogP contribution in [0.25, 0.3) is 10.9 Å². The van der Waals surface area contributed by atoms with E-state index in [2.05, 4.69) is 16.4 Å². The number of nitrogens with zero attached hydrogens (tertiary/aromatic N) is 1. The van der Waals surface area contributed by atoms with E-state index in [4.69, 9.17) is 0 Å². The number of hydrogen-bond donors (Lipinski definition) is 1. The van der Waals surface area contributed by atoms with Gasteiger partial charge >= 0.3 is 0 Å². The van der Waals surface area contributed by atoms with Gasteiger partial charge < -0.3 is 5.32 Å². The first-order chi connectivity index (χ1) is 12.2. The SMILES string of the molecule is O=S(=O)(c1ccccc1)c1cnc2c(C3CCNCC3)cccc2c1. The van der Waals surface area contributed by atoms with Gasteiger partial charge in [-0.25, -0.2) is 8.42 Å². The summed E-state index contributed by atoms with van der Waals surface area (Å²) in [6, 6.07) is 16.3. The molecule has 4 nitrogen and oxygen atoms in total. The van der Waals surface area contributed by atoms with Crippen LogP contribution in [0, 0.1) is 0 Å². The molecule has 3 aromatic rings. The average Bonchev–Trinajstić information content (AvgIpc) is 2.68. The Kier molecular flexibility index (Phi) is 4.27. The Morgan fingerprint density at radius 2 is 1.68 bits per heavy atom. The van der Waals surface area contributed by atoms with Gasteiger partial charge in [0.25, 0.3) is 0 Å². The van der Waals surface area contributed by atoms with Gasteiger partial charge in [-0.15, -0.1) is 0 Å². The zero-order valence-electron chi connectivity index (χ0n) is 13.9. The maximum absolute atomic E-state index is 12.8. The average molecular weight is 352 g/mol. The molecule has 0 aliphatic carbocycles. The molecule has 1 aliphatic heterocycles. The van der Waals surface area contributed by atoms with Crippen LogP contribution < -0.4 is 5.32 Å². The second-order valence-electron chi connectivity index (χ2n) is 6.43. The quantitative estimate of drug-likeness (QED) is 0.783. The predicted molar refractivity (Wildman–Crippen MR) is 98.5 cm³/mol. The third-order valence-corrected chi connectivity index (χ3v) is 6.60. The molecule has 0 bridgehead atoms. The minimum atomic E-state index is -3.54. The highest BCUT2D eigenvalue weighted by Gasteiger charge is 2.21. The van der Waals surface area contributed by atoms with Crippen molar-refractivity contribution in [3.8, 4) is 0 Å². The first kappa shape index (κ1) is 16.2. The van der Waals surface area contributed by atoms with E-state index in [9.17, 15) is 8.42 Å². The van der Waals surface area contributed by atoms with Crippen molar-refractivity contribution in [2.24, 2.45) is 0 Å². The van der Waals surface area contributed by atoms with Crippen LogP contribution in [-0.4, -0.2) is 26.5 Å². The zero-order chi connectivity index (χ0) is 17.3. The van der Waals surface area contributed by atoms with Crippen molar-refractivity contribution in [1.29, 1.82) is 0 Å². The van der Waals surface area contributed by atoms with E-state index in [0.29, 0.717) is 10.8 Å². The van der Waals surface area contributed by atoms with Crippen LogP contribution in [0.5, 0.6) is 0 Å². The number of benzene rings is 2. The molecule has 0 radical (unpaired) electrons. The predicted octanol–water partition coefficient (Wildman–Crippen LogP) is 3.53. The van der Waals surface area contributed by atoms with Gasteiger partial charge in [0.15, 0.2) is 0 Å². The summed E-state index contributed by atoms with van der Waals surface area (Å²) < 4.78 is 25.6. The van der Waals surface area contributed by atoms with Crippen molar-refractivity contribution in [1.82, 2.24) is 10.3 Å². The van der Waals surface area contributed by atoms with Crippen molar-refractivity contribution in [3.63, 3.8) is 0 Å². The van der Waals surface area contributed by atoms with Crippen molar-refractivity contribution in [2.45, 2.75) is 28.6 Å². The van der Waals surface area contributed by atoms with Crippen LogP contribution in [0.2, 0.25) is 0 Å². The summed E-state index contributed by atoms with van der Waals surface area (Å²) in [6.07, 6.45) is 3.67. The molecule has 1 saturated heterocycles. The van der Waals surface area contributed by atoms with Crippen LogP contribution in [0.4, 0.5) is 0 Å². The number of rotatable bonds is 3. The number of para-hydroxylation sites is 1. The first-order valence-corrected chi connectivity index (χ1v) is 10.0. The number of nitrogens with one attached hydrogen (secondary N) is 1. The fourth-order valence-electron chi connectivity index (χ4n) is 3.51. The number of hydrogen-bond acceptors (Lipinski definition) is 4. The molecule has 4 rings (SSSR count). The summed E-state index contributed by atoms with van der Waals surface area (Å²) in [7, 11) is -3.54. The Morgan fingerprint density at radius 3 is 2.44 bits per heavy atom. The van der Waals surface area contributed by atoms with Gasteiger partial charge in [0.2, 0.25) is 9.84 Å².